The molecule has 0 aromatic rings. The van der Waals surface area contributed by atoms with E-state index in [9.17, 15) is 0 Å². The van der Waals surface area contributed by atoms with Crippen molar-refractivity contribution in [3.63, 3.8) is 0 Å². The number of ether oxygens (including phenoxy) is 1. The van der Waals surface area contributed by atoms with Gasteiger partial charge in [0.05, 0.1) is 0 Å². The van der Waals surface area contributed by atoms with Gasteiger partial charge in [-0.25, -0.2) is 0 Å². The lowest BCUT2D eigenvalue weighted by molar-refractivity contribution is 0.123. The van der Waals surface area contributed by atoms with E-state index in [1.54, 1.807) is 0 Å². The van der Waals surface area contributed by atoms with E-state index in [1.165, 1.54) is 39.0 Å². The maximum absolute atomic E-state index is 5.68. The van der Waals surface area contributed by atoms with Gasteiger partial charge in [-0.1, -0.05) is 6.92 Å². The Hall–Kier alpha value is -0.120. The molecule has 26 heavy (non-hydrogen) atoms. The quantitative estimate of drug-likeness (QED) is 0.204. The minimum Gasteiger partial charge on any atom is -0.381 e. The summed E-state index contributed by atoms with van der Waals surface area (Å²) in [7, 11) is 2.20. The highest BCUT2D eigenvalue weighted by atomic mass is 127. The molecule has 2 N–H and O–H groups in total. The average molecular weight is 481 g/mol. The largest absolute Gasteiger partial charge is 0.381 e. The molecule has 0 aromatic carbocycles. The summed E-state index contributed by atoms with van der Waals surface area (Å²) in [6, 6.07) is 0. The number of hydrogen-bond donors (Lipinski definition) is 2. The van der Waals surface area contributed by atoms with Crippen LogP contribution in [-0.2, 0) is 4.74 Å². The summed E-state index contributed by atoms with van der Waals surface area (Å²) in [5, 5.41) is 6.77. The summed E-state index contributed by atoms with van der Waals surface area (Å²) in [6.07, 6.45) is 3.76. The molecule has 1 heterocycles. The van der Waals surface area contributed by atoms with Gasteiger partial charge in [-0.3, -0.25) is 4.99 Å². The predicted molar refractivity (Wildman–Crippen MR) is 121 cm³/mol. The van der Waals surface area contributed by atoms with Crippen molar-refractivity contribution in [3.8, 4) is 0 Å². The number of likely N-dealkylation sites (N-methyl/N-ethyl adjacent to an activating group) is 1. The van der Waals surface area contributed by atoms with E-state index in [-0.39, 0.29) is 24.0 Å². The highest BCUT2D eigenvalue weighted by Gasteiger charge is 2.20. The highest BCUT2D eigenvalue weighted by Crippen LogP contribution is 2.28. The zero-order valence-corrected chi connectivity index (χ0v) is 19.3. The van der Waals surface area contributed by atoms with E-state index in [0.717, 1.165) is 57.7 Å². The number of nitrogens with one attached hydrogen (secondary N) is 2. The molecule has 154 valence electrons. The van der Waals surface area contributed by atoms with Crippen LogP contribution in [0.25, 0.3) is 0 Å². The SMILES string of the molecule is CCNC(=NCC(C)CN1CCN(C)CC1)NCCCOCC1CC1.I. The van der Waals surface area contributed by atoms with Crippen LogP contribution in [0.15, 0.2) is 4.99 Å². The summed E-state index contributed by atoms with van der Waals surface area (Å²) in [6.45, 7) is 14.8. The van der Waals surface area contributed by atoms with Gasteiger partial charge in [-0.15, -0.1) is 24.0 Å². The van der Waals surface area contributed by atoms with E-state index in [0.29, 0.717) is 5.92 Å². The van der Waals surface area contributed by atoms with Crippen LogP contribution in [0.2, 0.25) is 0 Å². The molecule has 7 heteroatoms. The van der Waals surface area contributed by atoms with E-state index in [4.69, 9.17) is 9.73 Å². The van der Waals surface area contributed by atoms with Gasteiger partial charge in [0, 0.05) is 65.6 Å². The third-order valence-corrected chi connectivity index (χ3v) is 4.88. The van der Waals surface area contributed by atoms with Gasteiger partial charge in [0.25, 0.3) is 0 Å². The maximum atomic E-state index is 5.68. The Bertz CT molecular complexity index is 384. The van der Waals surface area contributed by atoms with Gasteiger partial charge in [0.1, 0.15) is 0 Å². The van der Waals surface area contributed by atoms with Gasteiger partial charge < -0.3 is 25.2 Å². The first kappa shape index (κ1) is 23.9. The minimum atomic E-state index is 0. The van der Waals surface area contributed by atoms with Crippen LogP contribution in [0, 0.1) is 11.8 Å². The lowest BCUT2D eigenvalue weighted by atomic mass is 10.1. The Labute approximate surface area is 177 Å². The van der Waals surface area contributed by atoms with Crippen LogP contribution in [0.4, 0.5) is 0 Å². The molecule has 0 spiro atoms. The summed E-state index contributed by atoms with van der Waals surface area (Å²) in [5.41, 5.74) is 0. The van der Waals surface area contributed by atoms with E-state index in [1.807, 2.05) is 0 Å². The molecule has 2 fully saturated rings. The van der Waals surface area contributed by atoms with Crippen LogP contribution in [-0.4, -0.2) is 88.4 Å². The molecular weight excluding hydrogens is 441 g/mol. The van der Waals surface area contributed by atoms with Crippen LogP contribution in [0.5, 0.6) is 0 Å². The fourth-order valence-electron chi connectivity index (χ4n) is 3.03. The number of nitrogens with zero attached hydrogens (tertiary/aromatic N) is 3. The van der Waals surface area contributed by atoms with Crippen molar-refractivity contribution < 1.29 is 4.74 Å². The van der Waals surface area contributed by atoms with Crippen molar-refractivity contribution in [3.05, 3.63) is 0 Å². The topological polar surface area (TPSA) is 52.1 Å². The monoisotopic (exact) mass is 481 g/mol. The van der Waals surface area contributed by atoms with Crippen molar-refractivity contribution in [1.29, 1.82) is 0 Å². The molecule has 1 atom stereocenters. The van der Waals surface area contributed by atoms with Crippen molar-refractivity contribution in [2.45, 2.75) is 33.1 Å². The molecule has 1 aliphatic carbocycles. The number of piperazine rings is 1. The van der Waals surface area contributed by atoms with E-state index >= 15 is 0 Å². The molecule has 2 rings (SSSR count). The van der Waals surface area contributed by atoms with Gasteiger partial charge in [-0.2, -0.15) is 0 Å². The van der Waals surface area contributed by atoms with Gasteiger partial charge >= 0.3 is 0 Å². The molecule has 0 amide bonds. The molecule has 0 bridgehead atoms. The Morgan fingerprint density at radius 1 is 1.19 bits per heavy atom. The third-order valence-electron chi connectivity index (χ3n) is 4.88. The number of aliphatic imine (C=N–C) groups is 1. The Balaban J connectivity index is 0.00000338. The maximum Gasteiger partial charge on any atom is 0.191 e. The standard InChI is InChI=1S/C19H39N5O.HI/c1-4-20-19(21-8-5-13-25-16-18-6-7-18)22-14-17(2)15-24-11-9-23(3)10-12-24;/h17-18H,4-16H2,1-3H3,(H2,20,21,22);1H. The van der Waals surface area contributed by atoms with Gasteiger partial charge in [0.2, 0.25) is 0 Å². The van der Waals surface area contributed by atoms with Crippen LogP contribution in [0.3, 0.4) is 0 Å². The Morgan fingerprint density at radius 3 is 2.58 bits per heavy atom. The normalized spacial score (nSPS) is 20.5. The molecule has 0 aromatic heterocycles. The zero-order chi connectivity index (χ0) is 17.9. The average Bonchev–Trinajstić information content (AvgIpc) is 3.42. The van der Waals surface area contributed by atoms with Crippen molar-refractivity contribution in [2.24, 2.45) is 16.8 Å². The predicted octanol–water partition coefficient (Wildman–Crippen LogP) is 1.86. The van der Waals surface area contributed by atoms with Gasteiger partial charge in [-0.05, 0) is 45.1 Å². The fraction of sp³-hybridized carbons (Fsp3) is 0.947. The lowest BCUT2D eigenvalue weighted by Crippen LogP contribution is -2.46. The molecule has 1 aliphatic heterocycles. The zero-order valence-electron chi connectivity index (χ0n) is 17.0. The van der Waals surface area contributed by atoms with Gasteiger partial charge in [0.15, 0.2) is 5.96 Å². The van der Waals surface area contributed by atoms with E-state index in [2.05, 4.69) is 41.3 Å². The lowest BCUT2D eigenvalue weighted by Gasteiger charge is -2.33. The Kier molecular flexibility index (Phi) is 12.8. The molecule has 0 radical (unpaired) electrons. The second-order valence-corrected chi connectivity index (χ2v) is 7.73. The molecule has 6 nitrogen and oxygen atoms in total. The summed E-state index contributed by atoms with van der Waals surface area (Å²) in [5.74, 6) is 2.38. The van der Waals surface area contributed by atoms with Crippen LogP contribution in [0.1, 0.15) is 33.1 Å². The highest BCUT2D eigenvalue weighted by molar-refractivity contribution is 14.0. The van der Waals surface area contributed by atoms with E-state index < -0.39 is 0 Å². The first-order valence-electron chi connectivity index (χ1n) is 10.2. The first-order valence-corrected chi connectivity index (χ1v) is 10.2. The first-order chi connectivity index (χ1) is 12.2. The minimum absolute atomic E-state index is 0. The number of rotatable bonds is 11. The molecular formula is C19H40IN5O. The number of hydrogen-bond acceptors (Lipinski definition) is 4. The van der Waals surface area contributed by atoms with Crippen molar-refractivity contribution >= 4 is 29.9 Å². The van der Waals surface area contributed by atoms with Crippen LogP contribution >= 0.6 is 24.0 Å². The molecule has 1 saturated carbocycles. The summed E-state index contributed by atoms with van der Waals surface area (Å²) >= 11 is 0. The fourth-order valence-corrected chi connectivity index (χ4v) is 3.03. The third kappa shape index (κ3) is 10.9. The molecule has 1 saturated heterocycles. The number of guanidine groups is 1. The second kappa shape index (κ2) is 14.0. The van der Waals surface area contributed by atoms with Crippen LogP contribution < -0.4 is 10.6 Å². The van der Waals surface area contributed by atoms with Crippen molar-refractivity contribution in [2.75, 3.05) is 72.6 Å². The smallest absolute Gasteiger partial charge is 0.191 e. The summed E-state index contributed by atoms with van der Waals surface area (Å²) in [4.78, 5) is 9.74. The molecule has 1 unspecified atom stereocenters. The summed E-state index contributed by atoms with van der Waals surface area (Å²) < 4.78 is 5.68. The van der Waals surface area contributed by atoms with Crippen molar-refractivity contribution in [1.82, 2.24) is 20.4 Å². The molecule has 2 aliphatic rings. The Morgan fingerprint density at radius 2 is 1.92 bits per heavy atom. The second-order valence-electron chi connectivity index (χ2n) is 7.73. The number of halogens is 1.